The predicted octanol–water partition coefficient (Wildman–Crippen LogP) is 4.51. The van der Waals surface area contributed by atoms with Crippen LogP contribution in [0.15, 0.2) is 47.4 Å². The number of ether oxygens (including phenoxy) is 3. The number of nitrogens with zero attached hydrogens (tertiary/aromatic N) is 1. The molecule has 0 saturated carbocycles. The van der Waals surface area contributed by atoms with E-state index in [9.17, 15) is 4.79 Å². The van der Waals surface area contributed by atoms with E-state index < -0.39 is 0 Å². The number of carbonyl (C=O) groups excluding carboxylic acids is 1. The van der Waals surface area contributed by atoms with Gasteiger partial charge in [-0.15, -0.1) is 0 Å². The van der Waals surface area contributed by atoms with Gasteiger partial charge in [-0.3, -0.25) is 9.69 Å². The van der Waals surface area contributed by atoms with Crippen molar-refractivity contribution in [1.29, 1.82) is 0 Å². The van der Waals surface area contributed by atoms with Gasteiger partial charge in [0.25, 0.3) is 5.91 Å². The molecule has 7 heteroatoms. The van der Waals surface area contributed by atoms with Gasteiger partial charge in [-0.2, -0.15) is 0 Å². The normalized spacial score (nSPS) is 15.4. The first kappa shape index (κ1) is 19.3. The number of methoxy groups -OCH3 is 2. The molecule has 0 aromatic heterocycles. The van der Waals surface area contributed by atoms with Gasteiger partial charge in [-0.05, 0) is 55.0 Å². The molecule has 0 unspecified atom stereocenters. The van der Waals surface area contributed by atoms with Crippen LogP contribution < -0.4 is 19.1 Å². The Morgan fingerprint density at radius 2 is 1.78 bits per heavy atom. The zero-order chi connectivity index (χ0) is 19.4. The SMILES string of the molecule is CCOc1ccc(N2C(=O)/C(=C\c3ccc(OC)c(OC)c3)SC2=S)cc1. The summed E-state index contributed by atoms with van der Waals surface area (Å²) in [6.45, 7) is 2.52. The molecule has 2 aromatic carbocycles. The number of amides is 1. The summed E-state index contributed by atoms with van der Waals surface area (Å²) in [7, 11) is 3.16. The first-order valence-electron chi connectivity index (χ1n) is 8.30. The highest BCUT2D eigenvalue weighted by Gasteiger charge is 2.33. The Balaban J connectivity index is 1.86. The van der Waals surface area contributed by atoms with Crippen LogP contribution >= 0.6 is 24.0 Å². The maximum absolute atomic E-state index is 12.9. The Hall–Kier alpha value is -2.51. The van der Waals surface area contributed by atoms with Gasteiger partial charge in [0.05, 0.1) is 31.4 Å². The second kappa shape index (κ2) is 8.45. The summed E-state index contributed by atoms with van der Waals surface area (Å²) in [5.74, 6) is 1.85. The zero-order valence-corrected chi connectivity index (χ0v) is 16.9. The van der Waals surface area contributed by atoms with E-state index in [4.69, 9.17) is 26.4 Å². The van der Waals surface area contributed by atoms with E-state index in [0.717, 1.165) is 17.0 Å². The standard InChI is InChI=1S/C20H19NO4S2/c1-4-25-15-8-6-14(7-9-15)21-19(22)18(27-20(21)26)12-13-5-10-16(23-2)17(11-13)24-3/h5-12H,4H2,1-3H3/b18-12+. The fraction of sp³-hybridized carbons (Fsp3) is 0.200. The third-order valence-corrected chi connectivity index (χ3v) is 5.21. The number of thiocarbonyl (C=S) groups is 1. The maximum atomic E-state index is 12.9. The van der Waals surface area contributed by atoms with Crippen molar-refractivity contribution in [2.45, 2.75) is 6.92 Å². The van der Waals surface area contributed by atoms with Gasteiger partial charge in [-0.1, -0.05) is 30.0 Å². The summed E-state index contributed by atoms with van der Waals surface area (Å²) in [4.78, 5) is 15.0. The highest BCUT2D eigenvalue weighted by molar-refractivity contribution is 8.27. The molecule has 0 radical (unpaired) electrons. The van der Waals surface area contributed by atoms with Gasteiger partial charge < -0.3 is 14.2 Å². The van der Waals surface area contributed by atoms with Gasteiger partial charge >= 0.3 is 0 Å². The Kier molecular flexibility index (Phi) is 6.03. The molecule has 27 heavy (non-hydrogen) atoms. The Labute approximate surface area is 167 Å². The second-order valence-corrected chi connectivity index (χ2v) is 7.23. The number of benzene rings is 2. The number of anilines is 1. The van der Waals surface area contributed by atoms with Crippen LogP contribution in [-0.2, 0) is 4.79 Å². The minimum Gasteiger partial charge on any atom is -0.494 e. The van der Waals surface area contributed by atoms with Crippen LogP contribution in [0.2, 0.25) is 0 Å². The van der Waals surface area contributed by atoms with Crippen LogP contribution in [0.3, 0.4) is 0 Å². The summed E-state index contributed by atoms with van der Waals surface area (Å²) < 4.78 is 16.5. The van der Waals surface area contributed by atoms with E-state index in [1.54, 1.807) is 26.4 Å². The number of hydrogen-bond acceptors (Lipinski definition) is 6. The molecule has 0 spiro atoms. The van der Waals surface area contributed by atoms with Gasteiger partial charge in [0.1, 0.15) is 5.75 Å². The number of thioether (sulfide) groups is 1. The van der Waals surface area contributed by atoms with Crippen molar-refractivity contribution in [1.82, 2.24) is 0 Å². The van der Waals surface area contributed by atoms with Crippen molar-refractivity contribution >= 4 is 46.0 Å². The van der Waals surface area contributed by atoms with Gasteiger partial charge in [-0.25, -0.2) is 0 Å². The maximum Gasteiger partial charge on any atom is 0.270 e. The van der Waals surface area contributed by atoms with E-state index in [-0.39, 0.29) is 5.91 Å². The number of rotatable bonds is 6. The summed E-state index contributed by atoms with van der Waals surface area (Å²) in [6, 6.07) is 12.8. The molecule has 2 aromatic rings. The van der Waals surface area contributed by atoms with E-state index >= 15 is 0 Å². The first-order valence-corrected chi connectivity index (χ1v) is 9.52. The molecule has 0 aliphatic carbocycles. The summed E-state index contributed by atoms with van der Waals surface area (Å²) in [5, 5.41) is 0. The minimum atomic E-state index is -0.149. The van der Waals surface area contributed by atoms with Crippen molar-refractivity contribution in [2.75, 3.05) is 25.7 Å². The topological polar surface area (TPSA) is 48.0 Å². The molecule has 140 valence electrons. The average molecular weight is 402 g/mol. The van der Waals surface area contributed by atoms with Crippen LogP contribution in [0, 0.1) is 0 Å². The lowest BCUT2D eigenvalue weighted by atomic mass is 10.2. The lowest BCUT2D eigenvalue weighted by Gasteiger charge is -2.15. The largest absolute Gasteiger partial charge is 0.494 e. The first-order chi connectivity index (χ1) is 13.1. The zero-order valence-electron chi connectivity index (χ0n) is 15.2. The molecule has 5 nitrogen and oxygen atoms in total. The van der Waals surface area contributed by atoms with Crippen molar-refractivity contribution in [3.8, 4) is 17.2 Å². The minimum absolute atomic E-state index is 0.149. The Morgan fingerprint density at radius 1 is 1.07 bits per heavy atom. The third kappa shape index (κ3) is 4.09. The molecular weight excluding hydrogens is 382 g/mol. The summed E-state index contributed by atoms with van der Waals surface area (Å²) >= 11 is 6.69. The lowest BCUT2D eigenvalue weighted by molar-refractivity contribution is -0.113. The third-order valence-electron chi connectivity index (χ3n) is 3.90. The fourth-order valence-corrected chi connectivity index (χ4v) is 3.94. The van der Waals surface area contributed by atoms with Crippen LogP contribution in [-0.4, -0.2) is 31.1 Å². The predicted molar refractivity (Wildman–Crippen MR) is 113 cm³/mol. The highest BCUT2D eigenvalue weighted by Crippen LogP contribution is 2.37. The molecule has 1 fully saturated rings. The Morgan fingerprint density at radius 3 is 2.41 bits per heavy atom. The molecule has 0 N–H and O–H groups in total. The van der Waals surface area contributed by atoms with Gasteiger partial charge in [0.2, 0.25) is 0 Å². The average Bonchev–Trinajstić information content (AvgIpc) is 2.96. The van der Waals surface area contributed by atoms with E-state index in [1.807, 2.05) is 43.3 Å². The van der Waals surface area contributed by atoms with Crippen molar-refractivity contribution in [3.63, 3.8) is 0 Å². The highest BCUT2D eigenvalue weighted by atomic mass is 32.2. The van der Waals surface area contributed by atoms with Crippen molar-refractivity contribution in [3.05, 3.63) is 52.9 Å². The van der Waals surface area contributed by atoms with Crippen molar-refractivity contribution in [2.24, 2.45) is 0 Å². The molecule has 0 atom stereocenters. The van der Waals surface area contributed by atoms with Gasteiger partial charge in [0, 0.05) is 0 Å². The lowest BCUT2D eigenvalue weighted by Crippen LogP contribution is -2.27. The van der Waals surface area contributed by atoms with Gasteiger partial charge in [0.15, 0.2) is 15.8 Å². The van der Waals surface area contributed by atoms with E-state index in [0.29, 0.717) is 27.3 Å². The molecule has 0 bridgehead atoms. The Bertz CT molecular complexity index is 893. The second-order valence-electron chi connectivity index (χ2n) is 5.56. The van der Waals surface area contributed by atoms with Crippen molar-refractivity contribution < 1.29 is 19.0 Å². The van der Waals surface area contributed by atoms with E-state index in [2.05, 4.69) is 0 Å². The molecule has 1 aliphatic rings. The summed E-state index contributed by atoms with van der Waals surface area (Å²) in [6.07, 6.45) is 1.80. The van der Waals surface area contributed by atoms with Crippen LogP contribution in [0.1, 0.15) is 12.5 Å². The molecule has 1 saturated heterocycles. The quantitative estimate of drug-likeness (QED) is 0.524. The molecule has 3 rings (SSSR count). The van der Waals surface area contributed by atoms with Crippen LogP contribution in [0.5, 0.6) is 17.2 Å². The number of hydrogen-bond donors (Lipinski definition) is 0. The molecule has 1 aliphatic heterocycles. The summed E-state index contributed by atoms with van der Waals surface area (Å²) in [5.41, 5.74) is 1.55. The van der Waals surface area contributed by atoms with E-state index in [1.165, 1.54) is 16.7 Å². The molecular formula is C20H19NO4S2. The van der Waals surface area contributed by atoms with Crippen LogP contribution in [0.4, 0.5) is 5.69 Å². The molecule has 1 heterocycles. The van der Waals surface area contributed by atoms with Crippen LogP contribution in [0.25, 0.3) is 6.08 Å². The number of carbonyl (C=O) groups is 1. The molecule has 1 amide bonds. The fourth-order valence-electron chi connectivity index (χ4n) is 2.64. The smallest absolute Gasteiger partial charge is 0.270 e. The monoisotopic (exact) mass is 401 g/mol.